The number of fused-ring (bicyclic) bond motifs is 1. The predicted molar refractivity (Wildman–Crippen MR) is 164 cm³/mol. The van der Waals surface area contributed by atoms with Crippen LogP contribution in [0, 0.1) is 6.92 Å². The highest BCUT2D eigenvalue weighted by Crippen LogP contribution is 2.37. The number of ether oxygens (including phenoxy) is 1. The van der Waals surface area contributed by atoms with Crippen LogP contribution < -0.4 is 20.7 Å². The van der Waals surface area contributed by atoms with Crippen LogP contribution in [0.1, 0.15) is 16.8 Å². The summed E-state index contributed by atoms with van der Waals surface area (Å²) in [6.07, 6.45) is -3.56. The number of amides is 1. The van der Waals surface area contributed by atoms with Gasteiger partial charge in [-0.05, 0) is 60.4 Å². The number of hydrogen-bond donors (Lipinski definition) is 1. The van der Waals surface area contributed by atoms with E-state index in [-0.39, 0.29) is 11.4 Å². The molecule has 0 saturated heterocycles. The highest BCUT2D eigenvalue weighted by atomic mass is 32.2. The maximum Gasteiger partial charge on any atom is 0.431 e. The number of rotatable bonds is 8. The molecule has 0 spiro atoms. The summed E-state index contributed by atoms with van der Waals surface area (Å²) in [5, 5.41) is 1.33. The third-order valence-electron chi connectivity index (χ3n) is 6.57. The molecule has 2 heterocycles. The van der Waals surface area contributed by atoms with Crippen LogP contribution in [0.15, 0.2) is 87.8 Å². The fraction of sp³-hybridized carbons (Fsp3) is 0.133. The number of alkyl halides is 3. The maximum atomic E-state index is 13.3. The minimum Gasteiger partial charge on any atom is -0.483 e. The second kappa shape index (κ2) is 12.2. The molecule has 232 valence electrons. The number of carbonyl (C=O) groups excluding carboxylic acids is 1. The Balaban J connectivity index is 1.44. The molecule has 3 aromatic carbocycles. The topological polar surface area (TPSA) is 129 Å². The number of nitrogens with one attached hydrogen (secondary N) is 1. The second-order valence-corrected chi connectivity index (χ2v) is 12.2. The third-order valence-corrected chi connectivity index (χ3v) is 8.40. The van der Waals surface area contributed by atoms with Gasteiger partial charge < -0.3 is 4.74 Å². The molecular formula is C30H23F3N4O6S2. The van der Waals surface area contributed by atoms with E-state index in [1.165, 1.54) is 18.2 Å². The molecule has 10 nitrogen and oxygen atoms in total. The van der Waals surface area contributed by atoms with E-state index in [1.807, 2.05) is 4.72 Å². The van der Waals surface area contributed by atoms with Gasteiger partial charge in [-0.1, -0.05) is 42.0 Å². The van der Waals surface area contributed by atoms with Gasteiger partial charge in [0.1, 0.15) is 11.4 Å². The van der Waals surface area contributed by atoms with Crippen molar-refractivity contribution in [2.45, 2.75) is 13.1 Å². The molecule has 0 aliphatic rings. The van der Waals surface area contributed by atoms with Crippen LogP contribution in [0.4, 0.5) is 13.2 Å². The van der Waals surface area contributed by atoms with Gasteiger partial charge in [-0.15, -0.1) is 0 Å². The summed E-state index contributed by atoms with van der Waals surface area (Å²) >= 11 is 1.09. The fourth-order valence-electron chi connectivity index (χ4n) is 4.45. The molecule has 0 aliphatic carbocycles. The Hall–Kier alpha value is -5.02. The van der Waals surface area contributed by atoms with Gasteiger partial charge in [0, 0.05) is 24.1 Å². The van der Waals surface area contributed by atoms with Gasteiger partial charge in [0.15, 0.2) is 6.61 Å². The number of hydrogen-bond acceptors (Lipinski definition) is 8. The average Bonchev–Trinajstić information content (AvgIpc) is 3.40. The fourth-order valence-corrected chi connectivity index (χ4v) is 6.00. The number of halogens is 3. The lowest BCUT2D eigenvalue weighted by atomic mass is 10.0. The summed E-state index contributed by atoms with van der Waals surface area (Å²) in [6.45, 7) is 1.15. The van der Waals surface area contributed by atoms with Crippen molar-refractivity contribution in [1.82, 2.24) is 18.2 Å². The van der Waals surface area contributed by atoms with Crippen molar-refractivity contribution < 1.29 is 31.1 Å². The van der Waals surface area contributed by atoms with E-state index in [4.69, 9.17) is 4.74 Å². The monoisotopic (exact) mass is 656 g/mol. The summed E-state index contributed by atoms with van der Waals surface area (Å²) in [5.41, 5.74) is -1.51. The van der Waals surface area contributed by atoms with Crippen LogP contribution in [-0.2, 0) is 28.0 Å². The quantitative estimate of drug-likeness (QED) is 0.258. The summed E-state index contributed by atoms with van der Waals surface area (Å²) in [4.78, 5) is 38.0. The van der Waals surface area contributed by atoms with Gasteiger partial charge in [0.25, 0.3) is 21.5 Å². The smallest absolute Gasteiger partial charge is 0.431 e. The number of aromatic nitrogens is 3. The van der Waals surface area contributed by atoms with Gasteiger partial charge in [-0.25, -0.2) is 22.5 Å². The molecule has 5 aromatic rings. The lowest BCUT2D eigenvalue weighted by molar-refractivity contribution is -0.144. The van der Waals surface area contributed by atoms with E-state index in [2.05, 4.69) is 4.37 Å². The molecule has 0 aliphatic heterocycles. The average molecular weight is 657 g/mol. The molecule has 0 fully saturated rings. The molecule has 45 heavy (non-hydrogen) atoms. The maximum absolute atomic E-state index is 13.3. The van der Waals surface area contributed by atoms with Gasteiger partial charge in [-0.3, -0.25) is 14.2 Å². The number of carbonyl (C=O) groups is 1. The van der Waals surface area contributed by atoms with Crippen molar-refractivity contribution in [3.8, 4) is 22.7 Å². The van der Waals surface area contributed by atoms with Crippen LogP contribution >= 0.6 is 11.5 Å². The standard InChI is InChI=1S/C30H23F3N4O6S2/c1-18-8-10-23(43-17-26(38)35-45(41,42)13-12-19-6-4-3-5-7-19)21(14-18)28-22-15-20(9-11-24(22)44-34-28)37-27(39)16-25(30(31,32)33)36(2)29(37)40/h3-16H,17H2,1-2H3,(H,35,38)/b13-12+. The molecule has 0 bridgehead atoms. The largest absolute Gasteiger partial charge is 0.483 e. The number of nitrogens with zero attached hydrogens (tertiary/aromatic N) is 3. The highest BCUT2D eigenvalue weighted by molar-refractivity contribution is 7.93. The minimum atomic E-state index is -4.90. The lowest BCUT2D eigenvalue weighted by Crippen LogP contribution is -2.40. The van der Waals surface area contributed by atoms with Crippen molar-refractivity contribution in [3.05, 3.63) is 116 Å². The van der Waals surface area contributed by atoms with Crippen molar-refractivity contribution in [1.29, 1.82) is 0 Å². The first-order chi connectivity index (χ1) is 21.2. The van der Waals surface area contributed by atoms with Crippen molar-refractivity contribution in [2.75, 3.05) is 6.61 Å². The zero-order valence-electron chi connectivity index (χ0n) is 23.5. The van der Waals surface area contributed by atoms with Crippen LogP contribution in [-0.4, -0.2) is 34.4 Å². The first-order valence-corrected chi connectivity index (χ1v) is 15.4. The van der Waals surface area contributed by atoms with Gasteiger partial charge >= 0.3 is 11.9 Å². The van der Waals surface area contributed by atoms with E-state index in [1.54, 1.807) is 61.5 Å². The zero-order valence-corrected chi connectivity index (χ0v) is 25.2. The number of aryl methyl sites for hydroxylation is 1. The van der Waals surface area contributed by atoms with Gasteiger partial charge in [0.05, 0.1) is 21.5 Å². The van der Waals surface area contributed by atoms with Crippen LogP contribution in [0.5, 0.6) is 5.75 Å². The normalized spacial score (nSPS) is 12.1. The summed E-state index contributed by atoms with van der Waals surface area (Å²) < 4.78 is 78.4. The van der Waals surface area contributed by atoms with Crippen LogP contribution in [0.2, 0.25) is 0 Å². The van der Waals surface area contributed by atoms with E-state index in [0.29, 0.717) is 42.1 Å². The molecule has 5 rings (SSSR count). The van der Waals surface area contributed by atoms with Crippen molar-refractivity contribution >= 4 is 43.6 Å². The second-order valence-electron chi connectivity index (χ2n) is 9.83. The van der Waals surface area contributed by atoms with Crippen molar-refractivity contribution in [3.63, 3.8) is 0 Å². The molecule has 0 radical (unpaired) electrons. The molecule has 0 atom stereocenters. The molecule has 2 aromatic heterocycles. The summed E-state index contributed by atoms with van der Waals surface area (Å²) in [5.74, 6) is -0.740. The molecule has 15 heteroatoms. The zero-order chi connectivity index (χ0) is 32.5. The van der Waals surface area contributed by atoms with Gasteiger partial charge in [0.2, 0.25) is 0 Å². The van der Waals surface area contributed by atoms with E-state index in [0.717, 1.165) is 29.6 Å². The van der Waals surface area contributed by atoms with Crippen LogP contribution in [0.3, 0.4) is 0 Å². The molecular weight excluding hydrogens is 633 g/mol. The lowest BCUT2D eigenvalue weighted by Gasteiger charge is -2.14. The SMILES string of the molecule is Cc1ccc(OCC(=O)NS(=O)(=O)/C=C/c2ccccc2)c(-c2nsc3ccc(-n4c(=O)cc(C(F)(F)F)n(C)c4=O)cc23)c1. The number of benzene rings is 3. The summed E-state index contributed by atoms with van der Waals surface area (Å²) in [6, 6.07) is 18.5. The Morgan fingerprint density at radius 3 is 2.49 bits per heavy atom. The number of sulfonamides is 1. The predicted octanol–water partition coefficient (Wildman–Crippen LogP) is 4.64. The van der Waals surface area contributed by atoms with Crippen molar-refractivity contribution in [2.24, 2.45) is 7.05 Å². The first-order valence-electron chi connectivity index (χ1n) is 13.1. The van der Waals surface area contributed by atoms with E-state index < -0.39 is 45.7 Å². The Kier molecular flexibility index (Phi) is 8.49. The Bertz CT molecular complexity index is 2190. The molecule has 0 saturated carbocycles. The first kappa shape index (κ1) is 31.4. The molecule has 1 amide bonds. The highest BCUT2D eigenvalue weighted by Gasteiger charge is 2.35. The summed E-state index contributed by atoms with van der Waals surface area (Å²) in [7, 11) is -3.19. The molecule has 0 unspecified atom stereocenters. The van der Waals surface area contributed by atoms with Crippen LogP contribution in [0.25, 0.3) is 33.1 Å². The Morgan fingerprint density at radius 1 is 1.04 bits per heavy atom. The molecule has 1 N–H and O–H groups in total. The van der Waals surface area contributed by atoms with Gasteiger partial charge in [-0.2, -0.15) is 17.5 Å². The Morgan fingerprint density at radius 2 is 1.78 bits per heavy atom. The minimum absolute atomic E-state index is 0.0199. The third kappa shape index (κ3) is 6.89. The van der Waals surface area contributed by atoms with E-state index in [9.17, 15) is 36.0 Å². The van der Waals surface area contributed by atoms with E-state index >= 15 is 0 Å². The Labute approximate surface area is 257 Å².